The number of nitrogens with two attached hydrogens (primary N) is 1. The third-order valence-electron chi connectivity index (χ3n) is 2.77. The lowest BCUT2D eigenvalue weighted by Crippen LogP contribution is -2.56. The van der Waals surface area contributed by atoms with E-state index >= 15 is 0 Å². The summed E-state index contributed by atoms with van der Waals surface area (Å²) in [7, 11) is 0. The predicted octanol–water partition coefficient (Wildman–Crippen LogP) is 0.538. The van der Waals surface area contributed by atoms with Crippen LogP contribution >= 0.6 is 0 Å². The van der Waals surface area contributed by atoms with Crippen LogP contribution in [0.3, 0.4) is 0 Å². The Morgan fingerprint density at radius 3 is 2.86 bits per heavy atom. The van der Waals surface area contributed by atoms with Crippen LogP contribution in [0.15, 0.2) is 6.20 Å². The Hall–Kier alpha value is -1.36. The summed E-state index contributed by atoms with van der Waals surface area (Å²) in [4.78, 5) is 11.7. The van der Waals surface area contributed by atoms with Crippen molar-refractivity contribution in [3.63, 3.8) is 0 Å². The van der Waals surface area contributed by atoms with Gasteiger partial charge in [0.15, 0.2) is 0 Å². The first-order chi connectivity index (χ1) is 6.62. The quantitative estimate of drug-likeness (QED) is 0.642. The molecule has 14 heavy (non-hydrogen) atoms. The number of amides is 1. The highest BCUT2D eigenvalue weighted by Gasteiger charge is 2.40. The highest BCUT2D eigenvalue weighted by molar-refractivity contribution is 5.98. The van der Waals surface area contributed by atoms with Gasteiger partial charge in [-0.25, -0.2) is 0 Å². The van der Waals surface area contributed by atoms with E-state index in [4.69, 9.17) is 5.73 Å². The van der Waals surface area contributed by atoms with Crippen LogP contribution in [0.5, 0.6) is 0 Å². The molecule has 0 saturated heterocycles. The molecule has 0 aromatic carbocycles. The molecule has 4 N–H and O–H groups in total. The Labute approximate surface area is 82.1 Å². The minimum atomic E-state index is -0.655. The summed E-state index contributed by atoms with van der Waals surface area (Å²) in [5.41, 5.74) is 6.13. The summed E-state index contributed by atoms with van der Waals surface area (Å²) in [5.74, 6) is 0.530. The van der Waals surface area contributed by atoms with E-state index in [0.29, 0.717) is 5.82 Å². The normalized spacial score (nSPS) is 18.7. The van der Waals surface area contributed by atoms with Crippen LogP contribution in [0.4, 0.5) is 5.82 Å². The Morgan fingerprint density at radius 2 is 2.43 bits per heavy atom. The second kappa shape index (κ2) is 3.09. The van der Waals surface area contributed by atoms with Crippen LogP contribution in [0, 0.1) is 6.92 Å². The van der Waals surface area contributed by atoms with Crippen LogP contribution in [0.25, 0.3) is 0 Å². The van der Waals surface area contributed by atoms with Crippen molar-refractivity contribution in [1.29, 1.82) is 0 Å². The minimum absolute atomic E-state index is 0.115. The van der Waals surface area contributed by atoms with E-state index in [9.17, 15) is 4.79 Å². The topological polar surface area (TPSA) is 83.8 Å². The molecule has 1 amide bonds. The molecule has 0 spiro atoms. The van der Waals surface area contributed by atoms with Crippen molar-refractivity contribution >= 4 is 11.7 Å². The van der Waals surface area contributed by atoms with Gasteiger partial charge in [-0.3, -0.25) is 9.89 Å². The number of aryl methyl sites for hydroxylation is 1. The number of nitrogens with one attached hydrogen (secondary N) is 2. The lowest BCUT2D eigenvalue weighted by atomic mass is 9.77. The molecular formula is C9H14N4O. The first-order valence-electron chi connectivity index (χ1n) is 4.72. The number of hydrogen-bond donors (Lipinski definition) is 3. The number of hydrogen-bond acceptors (Lipinski definition) is 3. The highest BCUT2D eigenvalue weighted by atomic mass is 16.2. The molecule has 2 rings (SSSR count). The first-order valence-corrected chi connectivity index (χ1v) is 4.72. The molecule has 1 aromatic heterocycles. The number of carbonyl (C=O) groups excluding carboxylic acids is 1. The maximum Gasteiger partial charge on any atom is 0.245 e. The van der Waals surface area contributed by atoms with Crippen molar-refractivity contribution < 1.29 is 4.79 Å². The number of H-pyrrole nitrogens is 1. The molecule has 1 aliphatic carbocycles. The number of carbonyl (C=O) groups is 1. The van der Waals surface area contributed by atoms with Crippen molar-refractivity contribution in [1.82, 2.24) is 10.2 Å². The van der Waals surface area contributed by atoms with Crippen LogP contribution < -0.4 is 11.1 Å². The van der Waals surface area contributed by atoms with Gasteiger partial charge >= 0.3 is 0 Å². The van der Waals surface area contributed by atoms with Crippen LogP contribution in [-0.2, 0) is 4.79 Å². The maximum atomic E-state index is 11.7. The van der Waals surface area contributed by atoms with E-state index < -0.39 is 5.54 Å². The zero-order valence-corrected chi connectivity index (χ0v) is 8.13. The number of nitrogens with zero attached hydrogens (tertiary/aromatic N) is 1. The molecular weight excluding hydrogens is 180 g/mol. The van der Waals surface area contributed by atoms with Gasteiger partial charge in [0.2, 0.25) is 5.91 Å². The van der Waals surface area contributed by atoms with Gasteiger partial charge in [0.25, 0.3) is 0 Å². The number of anilines is 1. The lowest BCUT2D eigenvalue weighted by molar-refractivity contribution is -0.123. The average molecular weight is 194 g/mol. The molecule has 0 atom stereocenters. The summed E-state index contributed by atoms with van der Waals surface area (Å²) >= 11 is 0. The zero-order chi connectivity index (χ0) is 10.2. The highest BCUT2D eigenvalue weighted by Crippen LogP contribution is 2.30. The Morgan fingerprint density at radius 1 is 1.71 bits per heavy atom. The van der Waals surface area contributed by atoms with Gasteiger partial charge < -0.3 is 11.1 Å². The molecule has 1 fully saturated rings. The van der Waals surface area contributed by atoms with Crippen molar-refractivity contribution in [3.05, 3.63) is 11.8 Å². The predicted molar refractivity (Wildman–Crippen MR) is 52.7 cm³/mol. The summed E-state index contributed by atoms with van der Waals surface area (Å²) in [5, 5.41) is 9.29. The Kier molecular flexibility index (Phi) is 2.03. The molecule has 1 aromatic rings. The van der Waals surface area contributed by atoms with Crippen molar-refractivity contribution in [3.8, 4) is 0 Å². The van der Waals surface area contributed by atoms with E-state index in [2.05, 4.69) is 15.5 Å². The fourth-order valence-electron chi connectivity index (χ4n) is 1.50. The lowest BCUT2D eigenvalue weighted by Gasteiger charge is -2.35. The number of aromatic nitrogens is 2. The van der Waals surface area contributed by atoms with E-state index in [1.54, 1.807) is 6.20 Å². The van der Waals surface area contributed by atoms with Crippen LogP contribution in [0.1, 0.15) is 24.8 Å². The Bertz CT molecular complexity index is 353. The molecule has 0 aliphatic heterocycles. The Balaban J connectivity index is 2.05. The minimum Gasteiger partial charge on any atom is -0.317 e. The van der Waals surface area contributed by atoms with Crippen LogP contribution in [-0.4, -0.2) is 21.6 Å². The fraction of sp³-hybridized carbons (Fsp3) is 0.556. The van der Waals surface area contributed by atoms with Crippen LogP contribution in [0.2, 0.25) is 0 Å². The van der Waals surface area contributed by atoms with Gasteiger partial charge in [-0.15, -0.1) is 0 Å². The first kappa shape index (κ1) is 9.21. The molecule has 1 aliphatic rings. The van der Waals surface area contributed by atoms with E-state index in [-0.39, 0.29) is 5.91 Å². The zero-order valence-electron chi connectivity index (χ0n) is 8.13. The number of aromatic amines is 1. The van der Waals surface area contributed by atoms with E-state index in [0.717, 1.165) is 24.8 Å². The second-order valence-electron chi connectivity index (χ2n) is 3.89. The van der Waals surface area contributed by atoms with Gasteiger partial charge in [0.1, 0.15) is 5.82 Å². The smallest absolute Gasteiger partial charge is 0.245 e. The third-order valence-corrected chi connectivity index (χ3v) is 2.77. The summed E-state index contributed by atoms with van der Waals surface area (Å²) in [6, 6.07) is 0. The van der Waals surface area contributed by atoms with Crippen molar-refractivity contribution in [2.24, 2.45) is 5.73 Å². The van der Waals surface area contributed by atoms with Gasteiger partial charge in [-0.1, -0.05) is 0 Å². The molecule has 1 heterocycles. The third kappa shape index (κ3) is 1.39. The van der Waals surface area contributed by atoms with E-state index in [1.807, 2.05) is 6.92 Å². The summed E-state index contributed by atoms with van der Waals surface area (Å²) < 4.78 is 0. The SMILES string of the molecule is Cc1cn[nH]c1NC(=O)C1(N)CCC1. The molecule has 5 heteroatoms. The molecule has 0 bridgehead atoms. The molecule has 0 radical (unpaired) electrons. The monoisotopic (exact) mass is 194 g/mol. The van der Waals surface area contributed by atoms with Gasteiger partial charge in [-0.05, 0) is 26.2 Å². The fourth-order valence-corrected chi connectivity index (χ4v) is 1.50. The average Bonchev–Trinajstić information content (AvgIpc) is 2.48. The van der Waals surface area contributed by atoms with Gasteiger partial charge in [0.05, 0.1) is 11.7 Å². The van der Waals surface area contributed by atoms with Gasteiger partial charge in [-0.2, -0.15) is 5.10 Å². The summed E-state index contributed by atoms with van der Waals surface area (Å²) in [6.45, 7) is 1.88. The maximum absolute atomic E-state index is 11.7. The van der Waals surface area contributed by atoms with Gasteiger partial charge in [0, 0.05) is 5.56 Å². The largest absolute Gasteiger partial charge is 0.317 e. The number of rotatable bonds is 2. The molecule has 5 nitrogen and oxygen atoms in total. The van der Waals surface area contributed by atoms with E-state index in [1.165, 1.54) is 0 Å². The standard InChI is InChI=1S/C9H14N4O/c1-6-5-11-13-7(6)12-8(14)9(10)3-2-4-9/h5H,2-4,10H2,1H3,(H2,11,12,13,14). The van der Waals surface area contributed by atoms with Crippen molar-refractivity contribution in [2.75, 3.05) is 5.32 Å². The molecule has 0 unspecified atom stereocenters. The molecule has 76 valence electrons. The van der Waals surface area contributed by atoms with Crippen molar-refractivity contribution in [2.45, 2.75) is 31.7 Å². The molecule has 1 saturated carbocycles. The second-order valence-corrected chi connectivity index (χ2v) is 3.89. The summed E-state index contributed by atoms with van der Waals surface area (Å²) in [6.07, 6.45) is 4.24.